The molecule has 0 saturated heterocycles. The molecular formula is C18H15NO2S. The molecule has 0 saturated carbocycles. The smallest absolute Gasteiger partial charge is 0.253 e. The molecule has 4 heteroatoms. The molecule has 3 aromatic rings. The molecule has 3 nitrogen and oxygen atoms in total. The predicted octanol–water partition coefficient (Wildman–Crippen LogP) is 4.05. The van der Waals surface area contributed by atoms with Crippen molar-refractivity contribution < 1.29 is 9.90 Å². The van der Waals surface area contributed by atoms with Gasteiger partial charge in [0.2, 0.25) is 0 Å². The van der Waals surface area contributed by atoms with Crippen LogP contribution in [0.4, 0.5) is 0 Å². The van der Waals surface area contributed by atoms with E-state index >= 15 is 0 Å². The second-order valence-corrected chi connectivity index (χ2v) is 5.66. The van der Waals surface area contributed by atoms with Crippen molar-refractivity contribution in [2.75, 3.05) is 0 Å². The second kappa shape index (κ2) is 6.45. The molecule has 0 spiro atoms. The van der Waals surface area contributed by atoms with Crippen LogP contribution in [0, 0.1) is 0 Å². The van der Waals surface area contributed by atoms with E-state index in [1.54, 1.807) is 18.2 Å². The topological polar surface area (TPSA) is 49.3 Å². The number of amides is 1. The van der Waals surface area contributed by atoms with Crippen molar-refractivity contribution in [3.05, 3.63) is 76.5 Å². The van der Waals surface area contributed by atoms with Gasteiger partial charge in [-0.25, -0.2) is 0 Å². The van der Waals surface area contributed by atoms with Gasteiger partial charge in [-0.05, 0) is 28.6 Å². The number of carbonyl (C=O) groups excluding carboxylic acids is 1. The number of benzene rings is 2. The number of carbonyl (C=O) groups is 1. The van der Waals surface area contributed by atoms with Crippen LogP contribution in [0.2, 0.25) is 0 Å². The zero-order chi connectivity index (χ0) is 15.4. The molecular weight excluding hydrogens is 294 g/mol. The highest BCUT2D eigenvalue weighted by molar-refractivity contribution is 7.08. The second-order valence-electron chi connectivity index (χ2n) is 4.92. The van der Waals surface area contributed by atoms with Crippen molar-refractivity contribution in [1.82, 2.24) is 5.32 Å². The van der Waals surface area contributed by atoms with Gasteiger partial charge in [-0.2, -0.15) is 11.3 Å². The highest BCUT2D eigenvalue weighted by atomic mass is 32.1. The zero-order valence-corrected chi connectivity index (χ0v) is 12.6. The summed E-state index contributed by atoms with van der Waals surface area (Å²) in [5, 5.41) is 16.2. The summed E-state index contributed by atoms with van der Waals surface area (Å²) in [6.45, 7) is 0.386. The molecule has 0 atom stereocenters. The fraction of sp³-hybridized carbons (Fsp3) is 0.0556. The highest BCUT2D eigenvalue weighted by Gasteiger charge is 2.13. The van der Waals surface area contributed by atoms with Gasteiger partial charge in [0, 0.05) is 17.5 Å². The summed E-state index contributed by atoms with van der Waals surface area (Å²) in [5.74, 6) is 0.0932. The maximum atomic E-state index is 12.4. The molecule has 0 bridgehead atoms. The molecule has 1 heterocycles. The van der Waals surface area contributed by atoms with Gasteiger partial charge in [-0.3, -0.25) is 4.79 Å². The summed E-state index contributed by atoms with van der Waals surface area (Å²) in [6.07, 6.45) is 0. The van der Waals surface area contributed by atoms with Gasteiger partial charge in [0.25, 0.3) is 5.91 Å². The first-order valence-electron chi connectivity index (χ1n) is 6.92. The van der Waals surface area contributed by atoms with Gasteiger partial charge in [-0.1, -0.05) is 42.5 Å². The summed E-state index contributed by atoms with van der Waals surface area (Å²) in [4.78, 5) is 12.4. The van der Waals surface area contributed by atoms with E-state index in [1.165, 1.54) is 11.3 Å². The summed E-state index contributed by atoms with van der Waals surface area (Å²) >= 11 is 1.51. The number of thiophene rings is 1. The van der Waals surface area contributed by atoms with Gasteiger partial charge in [0.05, 0.1) is 5.56 Å². The Bertz CT molecular complexity index is 781. The summed E-state index contributed by atoms with van der Waals surface area (Å²) in [6, 6.07) is 16.7. The molecule has 0 aliphatic carbocycles. The largest absolute Gasteiger partial charge is 0.508 e. The molecule has 0 radical (unpaired) electrons. The van der Waals surface area contributed by atoms with Crippen LogP contribution in [-0.4, -0.2) is 11.0 Å². The Morgan fingerprint density at radius 2 is 1.86 bits per heavy atom. The Morgan fingerprint density at radius 1 is 1.05 bits per heavy atom. The standard InChI is InChI=1S/C18H15NO2S/c20-15-8-4-5-13(9-15)10-19-18(21)17-12-22-11-16(17)14-6-2-1-3-7-14/h1-9,11-12,20H,10H2,(H,19,21). The monoisotopic (exact) mass is 309 g/mol. The first-order chi connectivity index (χ1) is 10.7. The number of rotatable bonds is 4. The average molecular weight is 309 g/mol. The highest BCUT2D eigenvalue weighted by Crippen LogP contribution is 2.27. The lowest BCUT2D eigenvalue weighted by Gasteiger charge is -2.07. The van der Waals surface area contributed by atoms with Crippen molar-refractivity contribution in [3.63, 3.8) is 0 Å². The van der Waals surface area contributed by atoms with Crippen LogP contribution in [0.5, 0.6) is 5.75 Å². The summed E-state index contributed by atoms with van der Waals surface area (Å²) in [7, 11) is 0. The zero-order valence-electron chi connectivity index (χ0n) is 11.8. The lowest BCUT2D eigenvalue weighted by molar-refractivity contribution is 0.0952. The van der Waals surface area contributed by atoms with Crippen LogP contribution >= 0.6 is 11.3 Å². The molecule has 0 aliphatic heterocycles. The van der Waals surface area contributed by atoms with E-state index in [9.17, 15) is 9.90 Å². The van der Waals surface area contributed by atoms with Crippen molar-refractivity contribution in [3.8, 4) is 16.9 Å². The molecule has 0 unspecified atom stereocenters. The molecule has 2 aromatic carbocycles. The first-order valence-corrected chi connectivity index (χ1v) is 7.86. The van der Waals surface area contributed by atoms with Gasteiger partial charge >= 0.3 is 0 Å². The Morgan fingerprint density at radius 3 is 2.64 bits per heavy atom. The normalized spacial score (nSPS) is 10.4. The Hall–Kier alpha value is -2.59. The van der Waals surface area contributed by atoms with Crippen molar-refractivity contribution in [2.24, 2.45) is 0 Å². The van der Waals surface area contributed by atoms with Crippen molar-refractivity contribution >= 4 is 17.2 Å². The van der Waals surface area contributed by atoms with E-state index in [-0.39, 0.29) is 11.7 Å². The number of phenolic OH excluding ortho intramolecular Hbond substituents is 1. The Balaban J connectivity index is 1.75. The van der Waals surface area contributed by atoms with Crippen LogP contribution in [0.25, 0.3) is 11.1 Å². The van der Waals surface area contributed by atoms with Gasteiger partial charge in [0.15, 0.2) is 0 Å². The molecule has 1 amide bonds. The maximum Gasteiger partial charge on any atom is 0.253 e. The number of hydrogen-bond acceptors (Lipinski definition) is 3. The Labute approximate surface area is 132 Å². The first kappa shape index (κ1) is 14.4. The van der Waals surface area contributed by atoms with E-state index in [0.29, 0.717) is 12.1 Å². The molecule has 2 N–H and O–H groups in total. The van der Waals surface area contributed by atoms with Crippen molar-refractivity contribution in [1.29, 1.82) is 0 Å². The summed E-state index contributed by atoms with van der Waals surface area (Å²) in [5.41, 5.74) is 3.52. The SMILES string of the molecule is O=C(NCc1cccc(O)c1)c1cscc1-c1ccccc1. The quantitative estimate of drug-likeness (QED) is 0.764. The van der Waals surface area contributed by atoms with Crippen LogP contribution in [0.15, 0.2) is 65.4 Å². The molecule has 110 valence electrons. The number of phenols is 1. The maximum absolute atomic E-state index is 12.4. The van der Waals surface area contributed by atoms with Crippen molar-refractivity contribution in [2.45, 2.75) is 6.54 Å². The van der Waals surface area contributed by atoms with E-state index in [2.05, 4.69) is 5.32 Å². The lowest BCUT2D eigenvalue weighted by atomic mass is 10.0. The third-order valence-electron chi connectivity index (χ3n) is 3.36. The minimum Gasteiger partial charge on any atom is -0.508 e. The van der Waals surface area contributed by atoms with Crippen LogP contribution in [0.3, 0.4) is 0 Å². The van der Waals surface area contributed by atoms with Gasteiger partial charge in [-0.15, -0.1) is 0 Å². The van der Waals surface area contributed by atoms with Crippen LogP contribution in [0.1, 0.15) is 15.9 Å². The number of nitrogens with one attached hydrogen (secondary N) is 1. The molecule has 0 aliphatic rings. The average Bonchev–Trinajstić information content (AvgIpc) is 3.03. The molecule has 1 aromatic heterocycles. The minimum absolute atomic E-state index is 0.108. The van der Waals surface area contributed by atoms with Gasteiger partial charge in [0.1, 0.15) is 5.75 Å². The van der Waals surface area contributed by atoms with E-state index in [0.717, 1.165) is 16.7 Å². The van der Waals surface area contributed by atoms with Crippen LogP contribution < -0.4 is 5.32 Å². The lowest BCUT2D eigenvalue weighted by Crippen LogP contribution is -2.22. The van der Waals surface area contributed by atoms with E-state index in [4.69, 9.17) is 0 Å². The fourth-order valence-corrected chi connectivity index (χ4v) is 3.10. The minimum atomic E-state index is -0.108. The third kappa shape index (κ3) is 3.18. The number of hydrogen-bond donors (Lipinski definition) is 2. The molecule has 3 rings (SSSR count). The molecule has 22 heavy (non-hydrogen) atoms. The van der Waals surface area contributed by atoms with Gasteiger partial charge < -0.3 is 10.4 Å². The third-order valence-corrected chi connectivity index (χ3v) is 4.10. The summed E-state index contributed by atoms with van der Waals surface area (Å²) < 4.78 is 0. The fourth-order valence-electron chi connectivity index (χ4n) is 2.26. The number of aromatic hydroxyl groups is 1. The predicted molar refractivity (Wildman–Crippen MR) is 89.0 cm³/mol. The van der Waals surface area contributed by atoms with E-state index in [1.807, 2.05) is 47.2 Å². The van der Waals surface area contributed by atoms with Crippen LogP contribution in [-0.2, 0) is 6.54 Å². The van der Waals surface area contributed by atoms with E-state index < -0.39 is 0 Å². The molecule has 0 fully saturated rings. The Kier molecular flexibility index (Phi) is 4.21.